The molecule has 8 heteroatoms. The molecule has 1 aliphatic rings. The molecule has 1 aromatic carbocycles. The molecule has 8 nitrogen and oxygen atoms in total. The molecular formula is C19H19N5O3. The predicted octanol–water partition coefficient (Wildman–Crippen LogP) is 2.42. The summed E-state index contributed by atoms with van der Waals surface area (Å²) in [6.45, 7) is 0. The van der Waals surface area contributed by atoms with E-state index in [4.69, 9.17) is 0 Å². The van der Waals surface area contributed by atoms with Crippen molar-refractivity contribution in [2.24, 2.45) is 0 Å². The third-order valence-electron chi connectivity index (χ3n) is 4.79. The molecule has 1 atom stereocenters. The van der Waals surface area contributed by atoms with Crippen LogP contribution in [-0.2, 0) is 17.6 Å². The molecule has 0 aliphatic heterocycles. The van der Waals surface area contributed by atoms with Crippen LogP contribution in [0.25, 0.3) is 11.0 Å². The van der Waals surface area contributed by atoms with Crippen LogP contribution in [0, 0.1) is 0 Å². The third kappa shape index (κ3) is 3.46. The zero-order chi connectivity index (χ0) is 18.8. The number of methoxy groups -OCH3 is 1. The van der Waals surface area contributed by atoms with Gasteiger partial charge in [-0.2, -0.15) is 5.10 Å². The molecule has 1 aliphatic carbocycles. The van der Waals surface area contributed by atoms with Gasteiger partial charge in [0.25, 0.3) is 0 Å². The van der Waals surface area contributed by atoms with Gasteiger partial charge in [0, 0.05) is 23.3 Å². The van der Waals surface area contributed by atoms with Crippen molar-refractivity contribution in [3.8, 4) is 0 Å². The lowest BCUT2D eigenvalue weighted by atomic mass is 9.88. The van der Waals surface area contributed by atoms with Gasteiger partial charge in [-0.3, -0.25) is 5.10 Å². The summed E-state index contributed by atoms with van der Waals surface area (Å²) >= 11 is 0. The number of hydrogen-bond acceptors (Lipinski definition) is 5. The van der Waals surface area contributed by atoms with Crippen molar-refractivity contribution < 1.29 is 14.3 Å². The molecule has 2 heterocycles. The zero-order valence-corrected chi connectivity index (χ0v) is 14.8. The first-order valence-corrected chi connectivity index (χ1v) is 8.70. The number of anilines is 1. The number of H-pyrrole nitrogens is 1. The van der Waals surface area contributed by atoms with Gasteiger partial charge in [0.1, 0.15) is 0 Å². The summed E-state index contributed by atoms with van der Waals surface area (Å²) in [5.74, 6) is -0.410. The average Bonchev–Trinajstić information content (AvgIpc) is 3.17. The maximum absolute atomic E-state index is 12.3. The van der Waals surface area contributed by atoms with Crippen LogP contribution in [0.15, 0.2) is 36.7 Å². The van der Waals surface area contributed by atoms with E-state index in [9.17, 15) is 9.59 Å². The molecule has 2 amide bonds. The van der Waals surface area contributed by atoms with E-state index in [0.717, 1.165) is 35.9 Å². The van der Waals surface area contributed by atoms with E-state index >= 15 is 0 Å². The highest BCUT2D eigenvalue weighted by Gasteiger charge is 2.22. The highest BCUT2D eigenvalue weighted by Crippen LogP contribution is 2.26. The fraction of sp³-hybridized carbons (Fsp3) is 0.263. The minimum absolute atomic E-state index is 0.0398. The Morgan fingerprint density at radius 1 is 1.22 bits per heavy atom. The Morgan fingerprint density at radius 3 is 2.81 bits per heavy atom. The molecule has 0 fully saturated rings. The number of aromatic nitrogens is 3. The summed E-state index contributed by atoms with van der Waals surface area (Å²) in [5.41, 5.74) is 4.24. The Kier molecular flexibility index (Phi) is 4.45. The number of amides is 2. The average molecular weight is 365 g/mol. The Labute approximate surface area is 155 Å². The number of esters is 1. The number of hydrogen-bond donors (Lipinski definition) is 3. The summed E-state index contributed by atoms with van der Waals surface area (Å²) in [7, 11) is 1.33. The van der Waals surface area contributed by atoms with Gasteiger partial charge < -0.3 is 15.4 Å². The van der Waals surface area contributed by atoms with Gasteiger partial charge in [-0.1, -0.05) is 0 Å². The van der Waals surface area contributed by atoms with Crippen LogP contribution in [0.4, 0.5) is 10.5 Å². The highest BCUT2D eigenvalue weighted by atomic mass is 16.5. The fourth-order valence-electron chi connectivity index (χ4n) is 3.43. The van der Waals surface area contributed by atoms with E-state index in [-0.39, 0.29) is 12.1 Å². The van der Waals surface area contributed by atoms with Crippen molar-refractivity contribution in [3.63, 3.8) is 0 Å². The molecular weight excluding hydrogens is 346 g/mol. The summed E-state index contributed by atoms with van der Waals surface area (Å²) in [4.78, 5) is 28.1. The molecule has 1 unspecified atom stereocenters. The highest BCUT2D eigenvalue weighted by molar-refractivity contribution is 5.92. The lowest BCUT2D eigenvalue weighted by molar-refractivity contribution is 0.0600. The van der Waals surface area contributed by atoms with E-state index in [1.807, 2.05) is 6.20 Å². The van der Waals surface area contributed by atoms with Crippen LogP contribution < -0.4 is 10.6 Å². The maximum atomic E-state index is 12.3. The van der Waals surface area contributed by atoms with Gasteiger partial charge in [-0.25, -0.2) is 14.6 Å². The molecule has 138 valence electrons. The Balaban J connectivity index is 1.38. The Hall–Kier alpha value is -3.42. The van der Waals surface area contributed by atoms with Crippen LogP contribution in [0.5, 0.6) is 0 Å². The second-order valence-electron chi connectivity index (χ2n) is 6.50. The number of ether oxygens (including phenoxy) is 1. The topological polar surface area (TPSA) is 109 Å². The largest absolute Gasteiger partial charge is 0.465 e. The summed E-state index contributed by atoms with van der Waals surface area (Å²) in [6.07, 6.45) is 6.11. The lowest BCUT2D eigenvalue weighted by Gasteiger charge is -2.25. The van der Waals surface area contributed by atoms with Crippen LogP contribution in [0.3, 0.4) is 0 Å². The molecule has 3 N–H and O–H groups in total. The number of benzene rings is 1. The summed E-state index contributed by atoms with van der Waals surface area (Å²) in [6, 6.07) is 6.33. The Bertz CT molecular complexity index is 996. The number of aromatic amines is 1. The van der Waals surface area contributed by atoms with Crippen LogP contribution >= 0.6 is 0 Å². The molecule has 3 aromatic rings. The first kappa shape index (κ1) is 17.0. The van der Waals surface area contributed by atoms with Crippen molar-refractivity contribution in [3.05, 3.63) is 53.3 Å². The van der Waals surface area contributed by atoms with E-state index in [1.54, 1.807) is 30.5 Å². The number of rotatable bonds is 3. The summed E-state index contributed by atoms with van der Waals surface area (Å²) in [5, 5.41) is 13.8. The minimum atomic E-state index is -0.410. The van der Waals surface area contributed by atoms with Gasteiger partial charge >= 0.3 is 12.0 Å². The van der Waals surface area contributed by atoms with Gasteiger partial charge in [-0.15, -0.1) is 0 Å². The van der Waals surface area contributed by atoms with Crippen molar-refractivity contribution in [2.75, 3.05) is 12.4 Å². The summed E-state index contributed by atoms with van der Waals surface area (Å²) < 4.78 is 4.66. The van der Waals surface area contributed by atoms with Gasteiger partial charge in [0.2, 0.25) is 0 Å². The van der Waals surface area contributed by atoms with Crippen molar-refractivity contribution in [1.29, 1.82) is 0 Å². The van der Waals surface area contributed by atoms with Crippen LogP contribution in [0.2, 0.25) is 0 Å². The fourth-order valence-corrected chi connectivity index (χ4v) is 3.43. The number of urea groups is 1. The number of nitrogens with one attached hydrogen (secondary N) is 3. The molecule has 4 rings (SSSR count). The van der Waals surface area contributed by atoms with Crippen molar-refractivity contribution in [1.82, 2.24) is 20.5 Å². The second kappa shape index (κ2) is 7.06. The molecule has 0 spiro atoms. The number of carbonyl (C=O) groups is 2. The van der Waals surface area contributed by atoms with Crippen LogP contribution in [-0.4, -0.2) is 40.3 Å². The number of nitrogens with zero attached hydrogens (tertiary/aromatic N) is 2. The number of fused-ring (bicyclic) bond motifs is 3. The second-order valence-corrected chi connectivity index (χ2v) is 6.50. The molecule has 0 radical (unpaired) electrons. The number of pyridine rings is 1. The maximum Gasteiger partial charge on any atom is 0.337 e. The van der Waals surface area contributed by atoms with E-state index in [2.05, 4.69) is 30.6 Å². The third-order valence-corrected chi connectivity index (χ3v) is 4.79. The quantitative estimate of drug-likeness (QED) is 0.618. The zero-order valence-electron chi connectivity index (χ0n) is 14.8. The van der Waals surface area contributed by atoms with Crippen molar-refractivity contribution in [2.45, 2.75) is 25.3 Å². The van der Waals surface area contributed by atoms with Crippen LogP contribution in [0.1, 0.15) is 27.9 Å². The number of aryl methyl sites for hydroxylation is 1. The molecule has 27 heavy (non-hydrogen) atoms. The monoisotopic (exact) mass is 365 g/mol. The van der Waals surface area contributed by atoms with E-state index in [0.29, 0.717) is 11.3 Å². The SMILES string of the molecule is COC(=O)c1ccc(NC(=O)NC2CCc3c(cnc4[nH]ncc34)C2)cc1. The smallest absolute Gasteiger partial charge is 0.337 e. The van der Waals surface area contributed by atoms with Crippen molar-refractivity contribution >= 4 is 28.7 Å². The van der Waals surface area contributed by atoms with Gasteiger partial charge in [0.05, 0.1) is 18.9 Å². The minimum Gasteiger partial charge on any atom is -0.465 e. The molecule has 0 saturated heterocycles. The molecule has 0 bridgehead atoms. The predicted molar refractivity (Wildman–Crippen MR) is 99.6 cm³/mol. The first-order chi connectivity index (χ1) is 13.1. The Morgan fingerprint density at radius 2 is 2.04 bits per heavy atom. The lowest BCUT2D eigenvalue weighted by Crippen LogP contribution is -2.41. The number of carbonyl (C=O) groups excluding carboxylic acids is 2. The van der Waals surface area contributed by atoms with E-state index in [1.165, 1.54) is 12.7 Å². The standard InChI is InChI=1S/C19H19N5O3/c1-27-18(25)11-2-4-13(5-3-11)22-19(26)23-14-6-7-15-12(8-14)9-20-17-16(15)10-21-24-17/h2-5,9-10,14H,6-8H2,1H3,(H,20,21,24)(H2,22,23,26). The van der Waals surface area contributed by atoms with Gasteiger partial charge in [0.15, 0.2) is 5.65 Å². The van der Waals surface area contributed by atoms with E-state index < -0.39 is 5.97 Å². The first-order valence-electron chi connectivity index (χ1n) is 8.70. The molecule has 0 saturated carbocycles. The normalized spacial score (nSPS) is 15.8. The van der Waals surface area contributed by atoms with Gasteiger partial charge in [-0.05, 0) is 54.7 Å². The molecule has 2 aromatic heterocycles.